The van der Waals surface area contributed by atoms with Gasteiger partial charge in [-0.15, -0.1) is 0 Å². The highest BCUT2D eigenvalue weighted by Crippen LogP contribution is 2.13. The van der Waals surface area contributed by atoms with Crippen molar-refractivity contribution < 1.29 is 4.74 Å². The highest BCUT2D eigenvalue weighted by Gasteiger charge is 2.11. The van der Waals surface area contributed by atoms with Crippen LogP contribution in [-0.4, -0.2) is 24.7 Å². The van der Waals surface area contributed by atoms with Crippen LogP contribution in [0.15, 0.2) is 29.3 Å². The largest absolute Gasteiger partial charge is 0.491 e. The fraction of sp³-hybridized carbons (Fsp3) is 0.562. The lowest BCUT2D eigenvalue weighted by molar-refractivity contribution is 0.242. The van der Waals surface area contributed by atoms with Gasteiger partial charge in [-0.1, -0.05) is 12.1 Å². The van der Waals surface area contributed by atoms with E-state index >= 15 is 0 Å². The summed E-state index contributed by atoms with van der Waals surface area (Å²) in [6, 6.07) is 8.12. The number of hydrogen-bond donors (Lipinski definition) is 2. The third kappa shape index (κ3) is 6.45. The molecule has 0 fully saturated rings. The Labute approximate surface area is 122 Å². The molecule has 1 aromatic carbocycles. The molecule has 0 atom stereocenters. The molecular weight excluding hydrogens is 250 g/mol. The van der Waals surface area contributed by atoms with Gasteiger partial charge in [-0.05, 0) is 52.3 Å². The van der Waals surface area contributed by atoms with Gasteiger partial charge in [-0.3, -0.25) is 4.99 Å². The molecule has 20 heavy (non-hydrogen) atoms. The van der Waals surface area contributed by atoms with Crippen LogP contribution in [0, 0.1) is 0 Å². The first-order valence-electron chi connectivity index (χ1n) is 7.04. The van der Waals surface area contributed by atoms with Crippen LogP contribution in [0.1, 0.15) is 40.2 Å². The summed E-state index contributed by atoms with van der Waals surface area (Å²) in [5.41, 5.74) is 1.19. The molecule has 0 bridgehead atoms. The summed E-state index contributed by atoms with van der Waals surface area (Å²) in [6.07, 6.45) is 0.203. The number of nitrogens with zero attached hydrogens (tertiary/aromatic N) is 1. The first-order valence-corrected chi connectivity index (χ1v) is 7.04. The standard InChI is InChI=1S/C16H27N3O/c1-12(2)20-14-9-7-13(8-10-14)11-18-15(17-6)19-16(3,4)5/h7-10,12H,11H2,1-6H3,(H2,17,18,19). The Morgan fingerprint density at radius 2 is 1.80 bits per heavy atom. The fourth-order valence-corrected chi connectivity index (χ4v) is 1.68. The topological polar surface area (TPSA) is 45.7 Å². The third-order valence-corrected chi connectivity index (χ3v) is 2.47. The highest BCUT2D eigenvalue weighted by molar-refractivity contribution is 5.80. The van der Waals surface area contributed by atoms with Crippen molar-refractivity contribution in [1.82, 2.24) is 10.6 Å². The van der Waals surface area contributed by atoms with Crippen molar-refractivity contribution in [2.45, 2.75) is 52.8 Å². The molecule has 2 N–H and O–H groups in total. The van der Waals surface area contributed by atoms with Crippen molar-refractivity contribution in [3.63, 3.8) is 0 Å². The molecule has 0 amide bonds. The Balaban J connectivity index is 2.52. The van der Waals surface area contributed by atoms with Gasteiger partial charge in [0, 0.05) is 19.1 Å². The SMILES string of the molecule is CN=C(NCc1ccc(OC(C)C)cc1)NC(C)(C)C. The molecule has 0 radical (unpaired) electrons. The molecule has 4 heteroatoms. The molecule has 112 valence electrons. The van der Waals surface area contributed by atoms with E-state index in [1.807, 2.05) is 26.0 Å². The molecule has 0 aliphatic heterocycles. The van der Waals surface area contributed by atoms with E-state index in [0.29, 0.717) is 0 Å². The minimum absolute atomic E-state index is 0.00317. The van der Waals surface area contributed by atoms with E-state index in [1.54, 1.807) is 7.05 Å². The molecule has 1 aromatic rings. The molecule has 0 unspecified atom stereocenters. The zero-order valence-electron chi connectivity index (χ0n) is 13.4. The number of nitrogens with one attached hydrogen (secondary N) is 2. The van der Waals surface area contributed by atoms with Crippen LogP contribution in [0.5, 0.6) is 5.75 Å². The predicted molar refractivity (Wildman–Crippen MR) is 85.3 cm³/mol. The monoisotopic (exact) mass is 277 g/mol. The van der Waals surface area contributed by atoms with E-state index in [0.717, 1.165) is 18.3 Å². The quantitative estimate of drug-likeness (QED) is 0.657. The number of rotatable bonds is 4. The minimum Gasteiger partial charge on any atom is -0.491 e. The van der Waals surface area contributed by atoms with Gasteiger partial charge in [0.25, 0.3) is 0 Å². The van der Waals surface area contributed by atoms with Crippen molar-refractivity contribution in [2.75, 3.05) is 7.05 Å². The number of hydrogen-bond acceptors (Lipinski definition) is 2. The number of ether oxygens (including phenoxy) is 1. The normalized spacial score (nSPS) is 12.4. The molecular formula is C16H27N3O. The Morgan fingerprint density at radius 3 is 2.25 bits per heavy atom. The Kier molecular flexibility index (Phi) is 5.86. The maximum atomic E-state index is 5.63. The van der Waals surface area contributed by atoms with E-state index in [2.05, 4.69) is 48.5 Å². The number of guanidine groups is 1. The van der Waals surface area contributed by atoms with Crippen molar-refractivity contribution >= 4 is 5.96 Å². The van der Waals surface area contributed by atoms with E-state index in [9.17, 15) is 0 Å². The molecule has 0 aliphatic carbocycles. The Bertz CT molecular complexity index is 430. The van der Waals surface area contributed by atoms with Gasteiger partial charge in [0.2, 0.25) is 0 Å². The van der Waals surface area contributed by atoms with Gasteiger partial charge in [-0.2, -0.15) is 0 Å². The Morgan fingerprint density at radius 1 is 1.20 bits per heavy atom. The van der Waals surface area contributed by atoms with Gasteiger partial charge in [0.15, 0.2) is 5.96 Å². The molecule has 0 aliphatic rings. The van der Waals surface area contributed by atoms with Gasteiger partial charge >= 0.3 is 0 Å². The number of benzene rings is 1. The van der Waals surface area contributed by atoms with Gasteiger partial charge in [0.1, 0.15) is 5.75 Å². The minimum atomic E-state index is -0.00317. The summed E-state index contributed by atoms with van der Waals surface area (Å²) in [4.78, 5) is 4.22. The molecule has 1 rings (SSSR count). The highest BCUT2D eigenvalue weighted by atomic mass is 16.5. The van der Waals surface area contributed by atoms with Gasteiger partial charge in [-0.25, -0.2) is 0 Å². The third-order valence-electron chi connectivity index (χ3n) is 2.47. The van der Waals surface area contributed by atoms with Crippen LogP contribution in [0.2, 0.25) is 0 Å². The molecule has 0 saturated carbocycles. The molecule has 0 saturated heterocycles. The zero-order chi connectivity index (χ0) is 15.2. The molecule has 0 heterocycles. The summed E-state index contributed by atoms with van der Waals surface area (Å²) >= 11 is 0. The summed E-state index contributed by atoms with van der Waals surface area (Å²) in [7, 11) is 1.78. The first kappa shape index (κ1) is 16.3. The lowest BCUT2D eigenvalue weighted by Crippen LogP contribution is -2.47. The maximum Gasteiger partial charge on any atom is 0.191 e. The zero-order valence-corrected chi connectivity index (χ0v) is 13.4. The molecule has 4 nitrogen and oxygen atoms in total. The van der Waals surface area contributed by atoms with Crippen LogP contribution in [0.3, 0.4) is 0 Å². The van der Waals surface area contributed by atoms with Crippen LogP contribution in [-0.2, 0) is 6.54 Å². The second kappa shape index (κ2) is 7.17. The smallest absolute Gasteiger partial charge is 0.191 e. The summed E-state index contributed by atoms with van der Waals surface area (Å²) in [6.45, 7) is 11.1. The maximum absolute atomic E-state index is 5.63. The van der Waals surface area contributed by atoms with Gasteiger partial charge in [0.05, 0.1) is 6.10 Å². The lowest BCUT2D eigenvalue weighted by Gasteiger charge is -2.23. The first-order chi connectivity index (χ1) is 9.30. The van der Waals surface area contributed by atoms with E-state index < -0.39 is 0 Å². The van der Waals surface area contributed by atoms with Crippen LogP contribution in [0.25, 0.3) is 0 Å². The fourth-order valence-electron chi connectivity index (χ4n) is 1.68. The van der Waals surface area contributed by atoms with Crippen molar-refractivity contribution in [2.24, 2.45) is 4.99 Å². The average molecular weight is 277 g/mol. The summed E-state index contributed by atoms with van der Waals surface area (Å²) in [5.74, 6) is 1.71. The Hall–Kier alpha value is -1.71. The van der Waals surface area contributed by atoms with Crippen molar-refractivity contribution in [3.05, 3.63) is 29.8 Å². The molecule has 0 spiro atoms. The van der Waals surface area contributed by atoms with E-state index in [4.69, 9.17) is 4.74 Å². The van der Waals surface area contributed by atoms with Crippen LogP contribution < -0.4 is 15.4 Å². The number of aliphatic imine (C=N–C) groups is 1. The predicted octanol–water partition coefficient (Wildman–Crippen LogP) is 2.94. The van der Waals surface area contributed by atoms with Crippen molar-refractivity contribution in [3.8, 4) is 5.75 Å². The second-order valence-corrected chi connectivity index (χ2v) is 6.11. The second-order valence-electron chi connectivity index (χ2n) is 6.11. The lowest BCUT2D eigenvalue weighted by atomic mass is 10.1. The van der Waals surface area contributed by atoms with Crippen LogP contribution in [0.4, 0.5) is 0 Å². The van der Waals surface area contributed by atoms with Gasteiger partial charge < -0.3 is 15.4 Å². The van der Waals surface area contributed by atoms with E-state index in [-0.39, 0.29) is 11.6 Å². The summed E-state index contributed by atoms with van der Waals surface area (Å²) < 4.78 is 5.63. The average Bonchev–Trinajstić information content (AvgIpc) is 2.34. The summed E-state index contributed by atoms with van der Waals surface area (Å²) in [5, 5.41) is 6.63. The van der Waals surface area contributed by atoms with E-state index in [1.165, 1.54) is 5.56 Å². The van der Waals surface area contributed by atoms with Crippen molar-refractivity contribution in [1.29, 1.82) is 0 Å². The van der Waals surface area contributed by atoms with Crippen LogP contribution >= 0.6 is 0 Å². The molecule has 0 aromatic heterocycles.